The average molecular weight is 558 g/mol. The molecule has 0 saturated carbocycles. The van der Waals surface area contributed by atoms with E-state index in [1.54, 1.807) is 0 Å². The zero-order valence-corrected chi connectivity index (χ0v) is 26.1. The topological polar surface area (TPSA) is 3.24 Å². The summed E-state index contributed by atoms with van der Waals surface area (Å²) in [4.78, 5) is 2.52. The Bertz CT molecular complexity index is 1990. The molecule has 1 aliphatic rings. The lowest BCUT2D eigenvalue weighted by molar-refractivity contribution is 0.660. The van der Waals surface area contributed by atoms with Crippen molar-refractivity contribution < 1.29 is 0 Å². The summed E-state index contributed by atoms with van der Waals surface area (Å²) in [5.41, 5.74) is 15.8. The Morgan fingerprint density at radius 3 is 1.95 bits per heavy atom. The van der Waals surface area contributed by atoms with Gasteiger partial charge in [0.1, 0.15) is 0 Å². The Balaban J connectivity index is 1.41. The minimum Gasteiger partial charge on any atom is -0.338 e. The summed E-state index contributed by atoms with van der Waals surface area (Å²) in [6.07, 6.45) is 0. The molecule has 0 radical (unpaired) electrons. The lowest BCUT2D eigenvalue weighted by atomic mass is 9.81. The van der Waals surface area contributed by atoms with Gasteiger partial charge in [0.2, 0.25) is 0 Å². The SMILES string of the molecule is Cc1cc2c(cc1-c1ccc(N(c3cc(-c4ccccc4)ccc3C)C(C)C)c3ccccc13)-c1ccccc1C2(C)C. The van der Waals surface area contributed by atoms with Gasteiger partial charge in [-0.2, -0.15) is 0 Å². The van der Waals surface area contributed by atoms with Crippen molar-refractivity contribution in [3.8, 4) is 33.4 Å². The molecule has 0 fully saturated rings. The molecule has 0 atom stereocenters. The van der Waals surface area contributed by atoms with Gasteiger partial charge < -0.3 is 4.90 Å². The van der Waals surface area contributed by atoms with E-state index in [2.05, 4.69) is 168 Å². The van der Waals surface area contributed by atoms with Crippen LogP contribution in [-0.2, 0) is 5.41 Å². The Kier molecular flexibility index (Phi) is 6.51. The predicted molar refractivity (Wildman–Crippen MR) is 186 cm³/mol. The molecule has 6 aromatic rings. The number of aryl methyl sites for hydroxylation is 2. The van der Waals surface area contributed by atoms with Crippen LogP contribution in [0.3, 0.4) is 0 Å². The lowest BCUT2D eigenvalue weighted by Gasteiger charge is -2.32. The van der Waals surface area contributed by atoms with Crippen LogP contribution in [0.5, 0.6) is 0 Å². The molecule has 0 N–H and O–H groups in total. The fraction of sp³-hybridized carbons (Fsp3) is 0.190. The quantitative estimate of drug-likeness (QED) is 0.204. The molecule has 1 heteroatoms. The molecule has 43 heavy (non-hydrogen) atoms. The fourth-order valence-electron chi connectivity index (χ4n) is 7.24. The van der Waals surface area contributed by atoms with Crippen molar-refractivity contribution in [2.45, 2.75) is 53.0 Å². The Labute approximate surface area is 256 Å². The van der Waals surface area contributed by atoms with Crippen LogP contribution >= 0.6 is 0 Å². The van der Waals surface area contributed by atoms with Gasteiger partial charge in [0.25, 0.3) is 0 Å². The molecule has 0 unspecified atom stereocenters. The third kappa shape index (κ3) is 4.38. The van der Waals surface area contributed by atoms with Crippen LogP contribution in [0.25, 0.3) is 44.2 Å². The molecule has 1 aliphatic carbocycles. The molecule has 0 saturated heterocycles. The van der Waals surface area contributed by atoms with Gasteiger partial charge >= 0.3 is 0 Å². The second-order valence-corrected chi connectivity index (χ2v) is 12.9. The van der Waals surface area contributed by atoms with Gasteiger partial charge in [0.05, 0.1) is 0 Å². The third-order valence-electron chi connectivity index (χ3n) is 9.47. The molecule has 1 nitrogen and oxygen atoms in total. The minimum absolute atomic E-state index is 0.00501. The average Bonchev–Trinajstić information content (AvgIpc) is 3.24. The highest BCUT2D eigenvalue weighted by Crippen LogP contribution is 2.51. The lowest BCUT2D eigenvalue weighted by Crippen LogP contribution is -2.26. The number of hydrogen-bond donors (Lipinski definition) is 0. The highest BCUT2D eigenvalue weighted by molar-refractivity contribution is 6.06. The maximum absolute atomic E-state index is 2.52. The van der Waals surface area contributed by atoms with Crippen molar-refractivity contribution in [3.63, 3.8) is 0 Å². The normalized spacial score (nSPS) is 13.3. The first-order chi connectivity index (χ1) is 20.8. The fourth-order valence-corrected chi connectivity index (χ4v) is 7.24. The third-order valence-corrected chi connectivity index (χ3v) is 9.47. The molecule has 7 rings (SSSR count). The zero-order chi connectivity index (χ0) is 29.9. The van der Waals surface area contributed by atoms with Crippen LogP contribution in [0, 0.1) is 13.8 Å². The van der Waals surface area contributed by atoms with E-state index < -0.39 is 0 Å². The van der Waals surface area contributed by atoms with Gasteiger partial charge in [-0.05, 0) is 107 Å². The van der Waals surface area contributed by atoms with Crippen molar-refractivity contribution in [2.24, 2.45) is 0 Å². The molecule has 212 valence electrons. The van der Waals surface area contributed by atoms with Crippen LogP contribution in [0.2, 0.25) is 0 Å². The van der Waals surface area contributed by atoms with E-state index in [4.69, 9.17) is 0 Å². The van der Waals surface area contributed by atoms with Crippen LogP contribution in [-0.4, -0.2) is 6.04 Å². The van der Waals surface area contributed by atoms with Crippen molar-refractivity contribution in [1.82, 2.24) is 0 Å². The first-order valence-electron chi connectivity index (χ1n) is 15.5. The minimum atomic E-state index is 0.00501. The number of benzene rings is 6. The number of rotatable bonds is 5. The molecular weight excluding hydrogens is 518 g/mol. The highest BCUT2D eigenvalue weighted by atomic mass is 15.2. The van der Waals surface area contributed by atoms with Crippen molar-refractivity contribution in [2.75, 3.05) is 4.90 Å². The van der Waals surface area contributed by atoms with E-state index in [1.165, 1.54) is 77.8 Å². The van der Waals surface area contributed by atoms with Gasteiger partial charge in [-0.15, -0.1) is 0 Å². The standard InChI is InChI=1S/C42H39N/c1-27(2)43(41-25-31(21-20-28(41)3)30-14-8-7-9-15-30)40-23-22-33(32-16-10-11-18-35(32)40)36-26-37-34-17-12-13-19-38(34)42(5,6)39(37)24-29(36)4/h7-27H,1-6H3. The first-order valence-corrected chi connectivity index (χ1v) is 15.5. The number of fused-ring (bicyclic) bond motifs is 4. The second-order valence-electron chi connectivity index (χ2n) is 12.9. The first kappa shape index (κ1) is 27.2. The second kappa shape index (κ2) is 10.3. The van der Waals surface area contributed by atoms with Gasteiger partial charge in [-0.1, -0.05) is 117 Å². The van der Waals surface area contributed by atoms with Gasteiger partial charge in [-0.3, -0.25) is 0 Å². The van der Waals surface area contributed by atoms with E-state index in [-0.39, 0.29) is 11.5 Å². The predicted octanol–water partition coefficient (Wildman–Crippen LogP) is 11.6. The van der Waals surface area contributed by atoms with Crippen molar-refractivity contribution in [3.05, 3.63) is 144 Å². The Morgan fingerprint density at radius 1 is 0.488 bits per heavy atom. The van der Waals surface area contributed by atoms with Crippen LogP contribution in [0.1, 0.15) is 49.9 Å². The zero-order valence-electron chi connectivity index (χ0n) is 26.1. The Morgan fingerprint density at radius 2 is 1.19 bits per heavy atom. The van der Waals surface area contributed by atoms with Gasteiger partial charge in [0.15, 0.2) is 0 Å². The smallest absolute Gasteiger partial charge is 0.0493 e. The van der Waals surface area contributed by atoms with Crippen LogP contribution in [0.4, 0.5) is 11.4 Å². The van der Waals surface area contributed by atoms with Gasteiger partial charge in [-0.25, -0.2) is 0 Å². The van der Waals surface area contributed by atoms with E-state index >= 15 is 0 Å². The van der Waals surface area contributed by atoms with E-state index in [1.807, 2.05) is 0 Å². The number of anilines is 2. The summed E-state index contributed by atoms with van der Waals surface area (Å²) in [5, 5.41) is 2.56. The molecule has 0 bridgehead atoms. The Hall–Kier alpha value is -4.62. The summed E-state index contributed by atoms with van der Waals surface area (Å²) in [5.74, 6) is 0. The molecule has 0 aliphatic heterocycles. The van der Waals surface area contributed by atoms with E-state index in [9.17, 15) is 0 Å². The molecule has 0 heterocycles. The molecule has 0 amide bonds. The van der Waals surface area contributed by atoms with Crippen molar-refractivity contribution in [1.29, 1.82) is 0 Å². The summed E-state index contributed by atoms with van der Waals surface area (Å²) in [6.45, 7) is 13.8. The summed E-state index contributed by atoms with van der Waals surface area (Å²) >= 11 is 0. The number of nitrogens with zero attached hydrogens (tertiary/aromatic N) is 1. The molecule has 0 aromatic heterocycles. The number of hydrogen-bond acceptors (Lipinski definition) is 1. The van der Waals surface area contributed by atoms with E-state index in [0.29, 0.717) is 0 Å². The monoisotopic (exact) mass is 557 g/mol. The maximum Gasteiger partial charge on any atom is 0.0493 e. The summed E-state index contributed by atoms with van der Waals surface area (Å²) < 4.78 is 0. The molecule has 6 aromatic carbocycles. The summed E-state index contributed by atoms with van der Waals surface area (Å²) in [7, 11) is 0. The van der Waals surface area contributed by atoms with Gasteiger partial charge in [0, 0.05) is 28.2 Å². The van der Waals surface area contributed by atoms with Crippen LogP contribution < -0.4 is 4.90 Å². The largest absolute Gasteiger partial charge is 0.338 e. The molecule has 0 spiro atoms. The van der Waals surface area contributed by atoms with E-state index in [0.717, 1.165) is 0 Å². The van der Waals surface area contributed by atoms with Crippen LogP contribution in [0.15, 0.2) is 121 Å². The molecular formula is C42H39N. The summed E-state index contributed by atoms with van der Waals surface area (Å²) in [6, 6.07) is 45.3. The van der Waals surface area contributed by atoms with Crippen molar-refractivity contribution >= 4 is 22.1 Å². The highest BCUT2D eigenvalue weighted by Gasteiger charge is 2.35. The maximum atomic E-state index is 2.52.